The minimum Gasteiger partial charge on any atom is -0.497 e. The molecule has 0 radical (unpaired) electrons. The zero-order valence-corrected chi connectivity index (χ0v) is 11.6. The van der Waals surface area contributed by atoms with E-state index >= 15 is 0 Å². The molecule has 1 heterocycles. The van der Waals surface area contributed by atoms with E-state index in [1.807, 2.05) is 18.2 Å². The zero-order chi connectivity index (χ0) is 14.5. The minimum atomic E-state index is -0.389. The van der Waals surface area contributed by atoms with Gasteiger partial charge in [-0.1, -0.05) is 6.07 Å². The third kappa shape index (κ3) is 3.08. The number of carbonyl (C=O) groups excluding carboxylic acids is 2. The van der Waals surface area contributed by atoms with Crippen LogP contribution in [0.4, 0.5) is 5.69 Å². The van der Waals surface area contributed by atoms with Crippen LogP contribution in [0.25, 0.3) is 0 Å². The van der Waals surface area contributed by atoms with Crippen molar-refractivity contribution in [1.29, 1.82) is 0 Å². The molecule has 1 N–H and O–H groups in total. The van der Waals surface area contributed by atoms with Crippen LogP contribution >= 0.6 is 0 Å². The van der Waals surface area contributed by atoms with Gasteiger partial charge in [-0.2, -0.15) is 0 Å². The molecule has 1 fully saturated rings. The number of rotatable bonds is 5. The van der Waals surface area contributed by atoms with E-state index in [0.717, 1.165) is 5.69 Å². The van der Waals surface area contributed by atoms with Crippen LogP contribution in [0.15, 0.2) is 24.3 Å². The Labute approximate surface area is 117 Å². The summed E-state index contributed by atoms with van der Waals surface area (Å²) in [5.74, 6) is -0.0433. The van der Waals surface area contributed by atoms with Gasteiger partial charge in [0.1, 0.15) is 5.75 Å². The molecule has 0 saturated carbocycles. The lowest BCUT2D eigenvalue weighted by Gasteiger charge is -2.17. The number of benzene rings is 1. The Morgan fingerprint density at radius 2 is 2.30 bits per heavy atom. The molecule has 1 aliphatic heterocycles. The van der Waals surface area contributed by atoms with Crippen LogP contribution in [-0.4, -0.2) is 32.1 Å². The third-order valence-corrected chi connectivity index (χ3v) is 3.18. The van der Waals surface area contributed by atoms with Crippen molar-refractivity contribution in [2.45, 2.75) is 13.3 Å². The summed E-state index contributed by atoms with van der Waals surface area (Å²) in [6.45, 7) is 2.53. The normalized spacial score (nSPS) is 18.2. The summed E-state index contributed by atoms with van der Waals surface area (Å²) in [6.07, 6.45) is 0.191. The summed E-state index contributed by atoms with van der Waals surface area (Å²) >= 11 is 0. The van der Waals surface area contributed by atoms with E-state index < -0.39 is 0 Å². The first-order chi connectivity index (χ1) is 9.65. The molecule has 6 nitrogen and oxygen atoms in total. The van der Waals surface area contributed by atoms with Gasteiger partial charge in [0.15, 0.2) is 0 Å². The van der Waals surface area contributed by atoms with Crippen LogP contribution in [0.1, 0.15) is 13.3 Å². The standard InChI is InChI=1S/C14H18N2O4/c1-3-20-15-14(18)10-7-13(17)16(9-10)11-5-4-6-12(8-11)19-2/h4-6,8,10H,3,7,9H2,1-2H3,(H,15,18). The average Bonchev–Trinajstić information content (AvgIpc) is 2.87. The van der Waals surface area contributed by atoms with E-state index in [1.54, 1.807) is 25.0 Å². The Kier molecular flexibility index (Phi) is 4.57. The van der Waals surface area contributed by atoms with E-state index in [1.165, 1.54) is 0 Å². The van der Waals surface area contributed by atoms with Crippen LogP contribution in [0.3, 0.4) is 0 Å². The van der Waals surface area contributed by atoms with Gasteiger partial charge in [-0.15, -0.1) is 0 Å². The Hall–Kier alpha value is -2.08. The predicted molar refractivity (Wildman–Crippen MR) is 73.2 cm³/mol. The number of hydrogen-bond acceptors (Lipinski definition) is 4. The smallest absolute Gasteiger partial charge is 0.248 e. The molecule has 0 spiro atoms. The minimum absolute atomic E-state index is 0.0742. The lowest BCUT2D eigenvalue weighted by molar-refractivity contribution is -0.137. The van der Waals surface area contributed by atoms with Gasteiger partial charge in [-0.25, -0.2) is 5.48 Å². The molecule has 0 aromatic heterocycles. The van der Waals surface area contributed by atoms with Gasteiger partial charge in [-0.3, -0.25) is 14.4 Å². The summed E-state index contributed by atoms with van der Waals surface area (Å²) in [4.78, 5) is 30.3. The quantitative estimate of drug-likeness (QED) is 0.819. The van der Waals surface area contributed by atoms with Crippen molar-refractivity contribution in [2.75, 3.05) is 25.2 Å². The van der Waals surface area contributed by atoms with Crippen molar-refractivity contribution in [2.24, 2.45) is 5.92 Å². The highest BCUT2D eigenvalue weighted by Gasteiger charge is 2.35. The molecule has 0 aliphatic carbocycles. The van der Waals surface area contributed by atoms with Gasteiger partial charge in [0.05, 0.1) is 19.6 Å². The predicted octanol–water partition coefficient (Wildman–Crippen LogP) is 1.12. The first kappa shape index (κ1) is 14.3. The van der Waals surface area contributed by atoms with E-state index in [0.29, 0.717) is 18.9 Å². The Morgan fingerprint density at radius 3 is 3.00 bits per heavy atom. The zero-order valence-electron chi connectivity index (χ0n) is 11.6. The number of nitrogens with zero attached hydrogens (tertiary/aromatic N) is 1. The Morgan fingerprint density at radius 1 is 1.50 bits per heavy atom. The second-order valence-corrected chi connectivity index (χ2v) is 4.51. The van der Waals surface area contributed by atoms with Crippen LogP contribution in [0.5, 0.6) is 5.75 Å². The van der Waals surface area contributed by atoms with E-state index in [2.05, 4.69) is 5.48 Å². The molecule has 2 rings (SSSR count). The van der Waals surface area contributed by atoms with Gasteiger partial charge in [0.2, 0.25) is 11.8 Å². The maximum Gasteiger partial charge on any atom is 0.248 e. The molecule has 1 saturated heterocycles. The van der Waals surface area contributed by atoms with Crippen molar-refractivity contribution >= 4 is 17.5 Å². The summed E-state index contributed by atoms with van der Waals surface area (Å²) in [5, 5.41) is 0. The Balaban J connectivity index is 2.07. The van der Waals surface area contributed by atoms with Crippen LogP contribution in [-0.2, 0) is 14.4 Å². The molecular weight excluding hydrogens is 260 g/mol. The van der Waals surface area contributed by atoms with Gasteiger partial charge < -0.3 is 9.64 Å². The third-order valence-electron chi connectivity index (χ3n) is 3.18. The number of amides is 2. The molecule has 20 heavy (non-hydrogen) atoms. The van der Waals surface area contributed by atoms with Crippen molar-refractivity contribution in [3.63, 3.8) is 0 Å². The van der Waals surface area contributed by atoms with Crippen LogP contribution < -0.4 is 15.1 Å². The number of methoxy groups -OCH3 is 1. The van der Waals surface area contributed by atoms with Gasteiger partial charge >= 0.3 is 0 Å². The molecule has 1 aromatic carbocycles. The first-order valence-corrected chi connectivity index (χ1v) is 6.51. The summed E-state index contributed by atoms with van der Waals surface area (Å²) in [7, 11) is 1.57. The number of hydroxylamine groups is 1. The second kappa shape index (κ2) is 6.38. The number of hydrogen-bond donors (Lipinski definition) is 1. The van der Waals surface area contributed by atoms with Crippen molar-refractivity contribution in [3.8, 4) is 5.75 Å². The maximum atomic E-state index is 12.0. The SMILES string of the molecule is CCONC(=O)C1CC(=O)N(c2cccc(OC)c2)C1. The van der Waals surface area contributed by atoms with Crippen molar-refractivity contribution in [3.05, 3.63) is 24.3 Å². The van der Waals surface area contributed by atoms with Crippen LogP contribution in [0, 0.1) is 5.92 Å². The molecule has 1 atom stereocenters. The maximum absolute atomic E-state index is 12.0. The summed E-state index contributed by atoms with van der Waals surface area (Å²) in [5.41, 5.74) is 3.08. The topological polar surface area (TPSA) is 67.9 Å². The van der Waals surface area contributed by atoms with E-state index in [-0.39, 0.29) is 24.2 Å². The van der Waals surface area contributed by atoms with Crippen molar-refractivity contribution in [1.82, 2.24) is 5.48 Å². The number of carbonyl (C=O) groups is 2. The molecule has 1 aromatic rings. The first-order valence-electron chi connectivity index (χ1n) is 6.51. The summed E-state index contributed by atoms with van der Waals surface area (Å²) < 4.78 is 5.14. The highest BCUT2D eigenvalue weighted by molar-refractivity contribution is 6.00. The van der Waals surface area contributed by atoms with Crippen LogP contribution in [0.2, 0.25) is 0 Å². The average molecular weight is 278 g/mol. The summed E-state index contributed by atoms with van der Waals surface area (Å²) in [6, 6.07) is 7.22. The number of nitrogens with one attached hydrogen (secondary N) is 1. The second-order valence-electron chi connectivity index (χ2n) is 4.51. The largest absolute Gasteiger partial charge is 0.497 e. The van der Waals surface area contributed by atoms with Crippen molar-refractivity contribution < 1.29 is 19.2 Å². The lowest BCUT2D eigenvalue weighted by Crippen LogP contribution is -2.33. The molecular formula is C14H18N2O4. The monoisotopic (exact) mass is 278 g/mol. The molecule has 2 amide bonds. The fourth-order valence-corrected chi connectivity index (χ4v) is 2.14. The van der Waals surface area contributed by atoms with E-state index in [4.69, 9.17) is 9.57 Å². The van der Waals surface area contributed by atoms with Gasteiger partial charge in [0, 0.05) is 24.7 Å². The molecule has 1 unspecified atom stereocenters. The fraction of sp³-hybridized carbons (Fsp3) is 0.429. The number of ether oxygens (including phenoxy) is 1. The molecule has 0 bridgehead atoms. The van der Waals surface area contributed by atoms with E-state index in [9.17, 15) is 9.59 Å². The Bertz CT molecular complexity index is 504. The molecule has 6 heteroatoms. The fourth-order valence-electron chi connectivity index (χ4n) is 2.14. The highest BCUT2D eigenvalue weighted by atomic mass is 16.6. The molecule has 1 aliphatic rings. The highest BCUT2D eigenvalue weighted by Crippen LogP contribution is 2.27. The lowest BCUT2D eigenvalue weighted by atomic mass is 10.1. The molecule has 108 valence electrons. The number of anilines is 1. The van der Waals surface area contributed by atoms with Gasteiger partial charge in [-0.05, 0) is 19.1 Å². The van der Waals surface area contributed by atoms with Gasteiger partial charge in [0.25, 0.3) is 0 Å².